The third kappa shape index (κ3) is 12.1. The molecule has 7 aromatic rings. The molecule has 10 heterocycles. The fourth-order valence-corrected chi connectivity index (χ4v) is 11.6. The van der Waals surface area contributed by atoms with E-state index in [1.165, 1.54) is 11.1 Å². The quantitative estimate of drug-likeness (QED) is 0.0956. The molecule has 0 atom stereocenters. The van der Waals surface area contributed by atoms with E-state index >= 15 is 0 Å². The maximum Gasteiger partial charge on any atom is 2.00 e. The molecule has 12 rings (SSSR count). The first-order valence-corrected chi connectivity index (χ1v) is 28.2. The van der Waals surface area contributed by atoms with Gasteiger partial charge in [-0.25, -0.2) is 19.9 Å². The van der Waals surface area contributed by atoms with Gasteiger partial charge < -0.3 is 38.9 Å². The number of rotatable bonds is 14. The number of ether oxygens (including phenoxy) is 4. The molecule has 6 aromatic heterocycles. The van der Waals surface area contributed by atoms with E-state index in [9.17, 15) is 0 Å². The molecule has 14 heteroatoms. The topological polar surface area (TPSA) is 145 Å². The minimum Gasteiger partial charge on any atom is -0.657 e. The van der Waals surface area contributed by atoms with E-state index in [1.807, 2.05) is 12.1 Å². The van der Waals surface area contributed by atoms with Crippen molar-refractivity contribution in [2.45, 2.75) is 123 Å². The molecule has 83 heavy (non-hydrogen) atoms. The number of fused-ring (bicyclic) bond motifs is 17. The first-order valence-electron chi connectivity index (χ1n) is 28.2. The standard InChI is InChI=1S/C69H70N8O4.2Zn/c1-66(2,78-9)36-48-52-20-16-42(70-52)34-43-17-21-53(71-43)49(37-67(3,4)79-10)57-25-29-61(75-57)64(60-28-24-56(48)74-60)46-32-40-14-13-15-41(40)33-47(46)65-62-30-26-58(76-62)50(38-68(5,6)80-11)54-22-18-44(72-54)35-45-19-23-55(73-45)51(39-69(7,8)81-12)59-27-31-63(65)77-59;;/h16-35H,13-15,36-39H2,1-12H3;;/q-4;2*+2. The Kier molecular flexibility index (Phi) is 16.7. The minimum atomic E-state index is -0.518. The van der Waals surface area contributed by atoms with Crippen LogP contribution in [0.25, 0.3) is 115 Å². The van der Waals surface area contributed by atoms with Crippen molar-refractivity contribution in [2.75, 3.05) is 28.4 Å². The minimum absolute atomic E-state index is 0. The fourth-order valence-electron chi connectivity index (χ4n) is 11.6. The Labute approximate surface area is 512 Å². The average Bonchev–Trinajstić information content (AvgIpc) is 3.90. The summed E-state index contributed by atoms with van der Waals surface area (Å²) in [5.74, 6) is 0. The van der Waals surface area contributed by atoms with Crippen molar-refractivity contribution < 1.29 is 57.9 Å². The zero-order valence-corrected chi connectivity index (χ0v) is 56.1. The van der Waals surface area contributed by atoms with Crippen LogP contribution >= 0.6 is 0 Å². The molecular formula is C69H70N8O4Zn2. The second-order valence-electron chi connectivity index (χ2n) is 24.4. The van der Waals surface area contributed by atoms with Crippen LogP contribution in [-0.2, 0) is 96.4 Å². The third-order valence-corrected chi connectivity index (χ3v) is 16.7. The van der Waals surface area contributed by atoms with Crippen LogP contribution in [0.3, 0.4) is 0 Å². The van der Waals surface area contributed by atoms with Gasteiger partial charge in [0, 0.05) is 54.1 Å². The molecule has 0 unspecified atom stereocenters. The molecule has 0 saturated heterocycles. The van der Waals surface area contributed by atoms with Crippen molar-refractivity contribution >= 4 is 92.7 Å². The smallest absolute Gasteiger partial charge is 0.657 e. The van der Waals surface area contributed by atoms with E-state index in [0.29, 0.717) is 25.7 Å². The predicted octanol–water partition coefficient (Wildman–Crippen LogP) is 13.8. The molecule has 4 aliphatic heterocycles. The first kappa shape index (κ1) is 59.7. The molecule has 0 spiro atoms. The Morgan fingerprint density at radius 1 is 0.361 bits per heavy atom. The molecule has 12 nitrogen and oxygen atoms in total. The van der Waals surface area contributed by atoms with Gasteiger partial charge in [-0.05, 0) is 179 Å². The number of aryl methyl sites for hydroxylation is 2. The van der Waals surface area contributed by atoms with Crippen molar-refractivity contribution in [3.05, 3.63) is 152 Å². The van der Waals surface area contributed by atoms with Gasteiger partial charge in [-0.1, -0.05) is 72.8 Å². The van der Waals surface area contributed by atoms with E-state index in [0.717, 1.165) is 153 Å². The summed E-state index contributed by atoms with van der Waals surface area (Å²) < 4.78 is 24.4. The summed E-state index contributed by atoms with van der Waals surface area (Å²) in [6, 6.07) is 25.7. The third-order valence-electron chi connectivity index (χ3n) is 16.7. The van der Waals surface area contributed by atoms with Gasteiger partial charge >= 0.3 is 39.0 Å². The van der Waals surface area contributed by atoms with Gasteiger partial charge in [-0.3, -0.25) is 0 Å². The summed E-state index contributed by atoms with van der Waals surface area (Å²) in [5, 5.41) is 0. The zero-order chi connectivity index (χ0) is 56.6. The summed E-state index contributed by atoms with van der Waals surface area (Å²) in [6.07, 6.45) is 22.0. The van der Waals surface area contributed by atoms with Crippen molar-refractivity contribution in [3.63, 3.8) is 0 Å². The van der Waals surface area contributed by atoms with Gasteiger partial charge in [-0.15, -0.1) is 44.1 Å². The molecule has 1 aliphatic carbocycles. The fraction of sp³-hybridized carbons (Fsp3) is 0.333. The average molecular weight is 1210 g/mol. The molecule has 0 N–H and O–H groups in total. The monoisotopic (exact) mass is 1200 g/mol. The molecule has 0 radical (unpaired) electrons. The maximum absolute atomic E-state index is 6.11. The Balaban J connectivity index is 0.00000385. The second kappa shape index (κ2) is 23.2. The maximum atomic E-state index is 6.11. The van der Waals surface area contributed by atoms with Crippen LogP contribution < -0.4 is 19.9 Å². The van der Waals surface area contributed by atoms with E-state index in [-0.39, 0.29) is 39.0 Å². The van der Waals surface area contributed by atoms with Gasteiger partial charge in [0.05, 0.1) is 68.0 Å². The van der Waals surface area contributed by atoms with Crippen molar-refractivity contribution in [1.82, 2.24) is 39.9 Å². The largest absolute Gasteiger partial charge is 2.00 e. The van der Waals surface area contributed by atoms with E-state index in [2.05, 4.69) is 165 Å². The van der Waals surface area contributed by atoms with Gasteiger partial charge in [0.25, 0.3) is 0 Å². The molecule has 414 valence electrons. The van der Waals surface area contributed by atoms with E-state index in [4.69, 9.17) is 58.8 Å². The van der Waals surface area contributed by atoms with Crippen LogP contribution in [0, 0.1) is 0 Å². The first-order chi connectivity index (χ1) is 38.8. The van der Waals surface area contributed by atoms with Gasteiger partial charge in [0.2, 0.25) is 0 Å². The molecule has 0 fully saturated rings. The van der Waals surface area contributed by atoms with Crippen LogP contribution in [0.4, 0.5) is 0 Å². The van der Waals surface area contributed by atoms with E-state index in [1.54, 1.807) is 28.4 Å². The molecule has 1 aromatic carbocycles. The number of aromatic nitrogens is 8. The normalized spacial score (nSPS) is 13.9. The molecular weight excluding hydrogens is 1140 g/mol. The van der Waals surface area contributed by atoms with Crippen LogP contribution in [0.1, 0.15) is 141 Å². The van der Waals surface area contributed by atoms with Crippen molar-refractivity contribution in [1.29, 1.82) is 0 Å². The summed E-state index contributed by atoms with van der Waals surface area (Å²) in [5.41, 5.74) is 21.2. The number of methoxy groups -OCH3 is 4. The van der Waals surface area contributed by atoms with Gasteiger partial charge in [0.15, 0.2) is 0 Å². The van der Waals surface area contributed by atoms with Crippen molar-refractivity contribution in [3.8, 4) is 22.3 Å². The Morgan fingerprint density at radius 3 is 1.02 bits per heavy atom. The SMILES string of the molecule is COC(C)(C)Cc1c2nc(c(-c3cc4c(cc3-c3c5nc(c(CC(C)(C)OC)c6ccc(cc7nc(c(CC(C)(C)OC)c8ccc3[n-]8)C=C7)[n-]6)C=C5)CCC4)c3ccc([n-]3)c(CC(C)(C)OC)c3nc(cc4ccc1[n-]4)C=C3)C=C2.[Zn+2].[Zn+2]. The zero-order valence-electron chi connectivity index (χ0n) is 50.1. The predicted molar refractivity (Wildman–Crippen MR) is 329 cm³/mol. The molecule has 0 saturated carbocycles. The molecule has 0 amide bonds. The van der Waals surface area contributed by atoms with Crippen LogP contribution in [0.15, 0.2) is 72.8 Å². The Bertz CT molecular complexity index is 3890. The van der Waals surface area contributed by atoms with Crippen LogP contribution in [0.5, 0.6) is 0 Å². The van der Waals surface area contributed by atoms with Crippen molar-refractivity contribution in [2.24, 2.45) is 0 Å². The number of hydrogen-bond donors (Lipinski definition) is 0. The van der Waals surface area contributed by atoms with Gasteiger partial charge in [-0.2, -0.15) is 0 Å². The van der Waals surface area contributed by atoms with Gasteiger partial charge in [0.1, 0.15) is 0 Å². The van der Waals surface area contributed by atoms with Crippen LogP contribution in [-0.4, -0.2) is 70.8 Å². The van der Waals surface area contributed by atoms with E-state index < -0.39 is 22.4 Å². The summed E-state index contributed by atoms with van der Waals surface area (Å²) >= 11 is 0. The second-order valence-corrected chi connectivity index (χ2v) is 24.4. The number of benzene rings is 1. The van der Waals surface area contributed by atoms with Crippen LogP contribution in [0.2, 0.25) is 0 Å². The Hall–Kier alpha value is -6.49. The molecule has 5 aliphatic rings. The molecule has 16 bridgehead atoms. The summed E-state index contributed by atoms with van der Waals surface area (Å²) in [6.45, 7) is 16.8. The Morgan fingerprint density at radius 2 is 0.663 bits per heavy atom. The summed E-state index contributed by atoms with van der Waals surface area (Å²) in [4.78, 5) is 43.6. The number of nitrogens with zero attached hydrogens (tertiary/aromatic N) is 8. The number of hydrogen-bond acceptors (Lipinski definition) is 8. The summed E-state index contributed by atoms with van der Waals surface area (Å²) in [7, 11) is 7.04.